The van der Waals surface area contributed by atoms with Crippen LogP contribution in [-0.4, -0.2) is 39.4 Å². The average Bonchev–Trinajstić information content (AvgIpc) is 3.61. The van der Waals surface area contributed by atoms with Gasteiger partial charge in [-0.25, -0.2) is 9.37 Å². The van der Waals surface area contributed by atoms with Crippen molar-refractivity contribution in [2.75, 3.05) is 18.4 Å². The maximum atomic E-state index is 14.3. The lowest BCUT2D eigenvalue weighted by atomic mass is 10.1. The number of benzene rings is 3. The van der Waals surface area contributed by atoms with Crippen molar-refractivity contribution in [3.63, 3.8) is 0 Å². The molecule has 0 aliphatic heterocycles. The zero-order valence-corrected chi connectivity index (χ0v) is 21.1. The third kappa shape index (κ3) is 5.89. The minimum absolute atomic E-state index is 0.0396. The number of hydrogen-bond donors (Lipinski definition) is 1. The highest BCUT2D eigenvalue weighted by molar-refractivity contribution is 6.30. The number of carbonyl (C=O) groups excluding carboxylic acids is 2. The number of nitrogens with one attached hydrogen (secondary N) is 1. The molecule has 4 aromatic rings. The minimum Gasteiger partial charge on any atom is -0.329 e. The van der Waals surface area contributed by atoms with E-state index in [2.05, 4.69) is 10.3 Å². The largest absolute Gasteiger partial charge is 0.329 e. The molecule has 1 saturated carbocycles. The van der Waals surface area contributed by atoms with Crippen molar-refractivity contribution >= 4 is 29.4 Å². The third-order valence-corrected chi connectivity index (χ3v) is 6.53. The van der Waals surface area contributed by atoms with Gasteiger partial charge >= 0.3 is 0 Å². The predicted molar refractivity (Wildman–Crippen MR) is 142 cm³/mol. The summed E-state index contributed by atoms with van der Waals surface area (Å²) in [6.07, 6.45) is 3.83. The molecule has 1 aromatic heterocycles. The van der Waals surface area contributed by atoms with Crippen molar-refractivity contribution in [3.05, 3.63) is 101 Å². The highest BCUT2D eigenvalue weighted by atomic mass is 35.5. The van der Waals surface area contributed by atoms with Crippen LogP contribution in [0.25, 0.3) is 16.9 Å². The van der Waals surface area contributed by atoms with E-state index in [1.165, 1.54) is 23.1 Å². The highest BCUT2D eigenvalue weighted by Crippen LogP contribution is 2.30. The number of halogens is 2. The summed E-state index contributed by atoms with van der Waals surface area (Å²) in [6, 6.07) is 21.0. The number of amides is 2. The van der Waals surface area contributed by atoms with Gasteiger partial charge in [0, 0.05) is 29.0 Å². The Labute approximate surface area is 219 Å². The fourth-order valence-electron chi connectivity index (χ4n) is 4.18. The van der Waals surface area contributed by atoms with Gasteiger partial charge in [-0.1, -0.05) is 48.0 Å². The van der Waals surface area contributed by atoms with Gasteiger partial charge in [-0.15, -0.1) is 0 Å². The van der Waals surface area contributed by atoms with Crippen LogP contribution in [0.3, 0.4) is 0 Å². The molecule has 37 heavy (non-hydrogen) atoms. The molecular formula is C29H26ClFN4O2. The molecule has 0 radical (unpaired) electrons. The number of hydrogen-bond acceptors (Lipinski definition) is 3. The lowest BCUT2D eigenvalue weighted by molar-refractivity contribution is -0.117. The van der Waals surface area contributed by atoms with Crippen LogP contribution >= 0.6 is 11.6 Å². The lowest BCUT2D eigenvalue weighted by Gasteiger charge is -2.22. The van der Waals surface area contributed by atoms with E-state index in [1.54, 1.807) is 22.8 Å². The molecule has 1 aliphatic carbocycles. The van der Waals surface area contributed by atoms with Crippen LogP contribution in [0.15, 0.2) is 79.0 Å². The Hall–Kier alpha value is -3.97. The molecule has 1 aliphatic rings. The van der Waals surface area contributed by atoms with Gasteiger partial charge in [0.15, 0.2) is 0 Å². The first-order valence-corrected chi connectivity index (χ1v) is 12.5. The Morgan fingerprint density at radius 1 is 1.08 bits per heavy atom. The van der Waals surface area contributed by atoms with Crippen molar-refractivity contribution in [1.82, 2.24) is 14.5 Å². The van der Waals surface area contributed by atoms with Gasteiger partial charge in [0.1, 0.15) is 12.4 Å². The molecule has 0 atom stereocenters. The summed E-state index contributed by atoms with van der Waals surface area (Å²) < 4.78 is 16.1. The van der Waals surface area contributed by atoms with Crippen LogP contribution in [0.1, 0.15) is 28.8 Å². The molecule has 0 spiro atoms. The van der Waals surface area contributed by atoms with E-state index in [-0.39, 0.29) is 12.1 Å². The fourth-order valence-corrected chi connectivity index (χ4v) is 4.30. The van der Waals surface area contributed by atoms with Crippen molar-refractivity contribution in [2.24, 2.45) is 5.92 Å². The van der Waals surface area contributed by atoms with Gasteiger partial charge in [0.05, 0.1) is 11.3 Å². The molecule has 2 amide bonds. The smallest absolute Gasteiger partial charge is 0.257 e. The van der Waals surface area contributed by atoms with Gasteiger partial charge in [-0.05, 0) is 67.6 Å². The van der Waals surface area contributed by atoms with Gasteiger partial charge < -0.3 is 4.90 Å². The second-order valence-corrected chi connectivity index (χ2v) is 9.76. The van der Waals surface area contributed by atoms with Crippen LogP contribution in [0.5, 0.6) is 0 Å². The summed E-state index contributed by atoms with van der Waals surface area (Å²) in [6.45, 7) is 2.19. The van der Waals surface area contributed by atoms with Crippen LogP contribution in [0.2, 0.25) is 5.02 Å². The second-order valence-electron chi connectivity index (χ2n) is 9.32. The SMILES string of the molecule is Cc1cccc(-n2cc(-c3ccc(Cl)cc3)nc2NC(=O)CN(CC2CC2)C(=O)c2ccccc2F)c1. The summed E-state index contributed by atoms with van der Waals surface area (Å²) >= 11 is 6.05. The molecule has 1 fully saturated rings. The number of anilines is 1. The number of carbonyl (C=O) groups is 2. The predicted octanol–water partition coefficient (Wildman–Crippen LogP) is 6.13. The summed E-state index contributed by atoms with van der Waals surface area (Å²) in [5, 5.41) is 3.49. The van der Waals surface area contributed by atoms with Crippen molar-refractivity contribution in [1.29, 1.82) is 0 Å². The average molecular weight is 517 g/mol. The summed E-state index contributed by atoms with van der Waals surface area (Å²) in [5.74, 6) is -0.854. The summed E-state index contributed by atoms with van der Waals surface area (Å²) in [4.78, 5) is 32.5. The van der Waals surface area contributed by atoms with Gasteiger partial charge in [0.2, 0.25) is 11.9 Å². The first-order valence-electron chi connectivity index (χ1n) is 12.1. The molecule has 1 N–H and O–H groups in total. The Morgan fingerprint density at radius 3 is 2.54 bits per heavy atom. The minimum atomic E-state index is -0.601. The zero-order chi connectivity index (χ0) is 25.9. The van der Waals surface area contributed by atoms with E-state index in [4.69, 9.17) is 11.6 Å². The van der Waals surface area contributed by atoms with E-state index in [0.29, 0.717) is 29.1 Å². The van der Waals surface area contributed by atoms with Crippen molar-refractivity contribution in [2.45, 2.75) is 19.8 Å². The number of rotatable bonds is 8. The number of nitrogens with zero attached hydrogens (tertiary/aromatic N) is 3. The van der Waals surface area contributed by atoms with Crippen LogP contribution in [-0.2, 0) is 4.79 Å². The van der Waals surface area contributed by atoms with E-state index < -0.39 is 17.6 Å². The van der Waals surface area contributed by atoms with E-state index in [9.17, 15) is 14.0 Å². The van der Waals surface area contributed by atoms with E-state index in [0.717, 1.165) is 29.7 Å². The Bertz CT molecular complexity index is 1450. The fraction of sp³-hybridized carbons (Fsp3) is 0.207. The maximum absolute atomic E-state index is 14.3. The lowest BCUT2D eigenvalue weighted by Crippen LogP contribution is -2.40. The quantitative estimate of drug-likeness (QED) is 0.306. The molecular weight excluding hydrogens is 491 g/mol. The summed E-state index contributed by atoms with van der Waals surface area (Å²) in [5.41, 5.74) is 3.35. The highest BCUT2D eigenvalue weighted by Gasteiger charge is 2.30. The standard InChI is InChI=1S/C29H26ClFN4O2/c1-19-5-4-6-23(15-19)35-17-26(21-11-13-22(30)14-12-21)32-29(35)33-27(36)18-34(16-20-9-10-20)28(37)24-7-2-3-8-25(24)31/h2-8,11-15,17,20H,9-10,16,18H2,1H3,(H,32,33,36). The first kappa shape index (κ1) is 24.7. The second kappa shape index (κ2) is 10.6. The first-order chi connectivity index (χ1) is 17.9. The van der Waals surface area contributed by atoms with Crippen LogP contribution in [0, 0.1) is 18.7 Å². The molecule has 8 heteroatoms. The molecule has 6 nitrogen and oxygen atoms in total. The summed E-state index contributed by atoms with van der Waals surface area (Å²) in [7, 11) is 0. The Morgan fingerprint density at radius 2 is 1.84 bits per heavy atom. The monoisotopic (exact) mass is 516 g/mol. The van der Waals surface area contributed by atoms with E-state index in [1.807, 2.05) is 49.5 Å². The Balaban J connectivity index is 1.42. The maximum Gasteiger partial charge on any atom is 0.257 e. The Kier molecular flexibility index (Phi) is 7.06. The van der Waals surface area contributed by atoms with Gasteiger partial charge in [-0.2, -0.15) is 0 Å². The molecule has 3 aromatic carbocycles. The topological polar surface area (TPSA) is 67.2 Å². The van der Waals surface area contributed by atoms with Gasteiger partial charge in [0.25, 0.3) is 5.91 Å². The molecule has 5 rings (SSSR count). The number of imidazole rings is 1. The number of aromatic nitrogens is 2. The molecule has 1 heterocycles. The molecule has 0 unspecified atom stereocenters. The number of aryl methyl sites for hydroxylation is 1. The third-order valence-electron chi connectivity index (χ3n) is 6.28. The molecule has 188 valence electrons. The van der Waals surface area contributed by atoms with Crippen LogP contribution in [0.4, 0.5) is 10.3 Å². The zero-order valence-electron chi connectivity index (χ0n) is 20.3. The van der Waals surface area contributed by atoms with E-state index >= 15 is 0 Å². The van der Waals surface area contributed by atoms with Crippen molar-refractivity contribution in [3.8, 4) is 16.9 Å². The van der Waals surface area contributed by atoms with Crippen LogP contribution < -0.4 is 5.32 Å². The molecule has 0 saturated heterocycles. The molecule has 0 bridgehead atoms. The normalized spacial score (nSPS) is 12.8. The van der Waals surface area contributed by atoms with Gasteiger partial charge in [-0.3, -0.25) is 19.5 Å². The van der Waals surface area contributed by atoms with Crippen molar-refractivity contribution < 1.29 is 14.0 Å².